The number of carbonyl (C=O) groups excluding carboxylic acids is 1. The molecule has 1 aliphatic heterocycles. The van der Waals surface area contributed by atoms with E-state index in [4.69, 9.17) is 16.3 Å². The van der Waals surface area contributed by atoms with Crippen LogP contribution in [0.5, 0.6) is 0 Å². The molecule has 2 aromatic carbocycles. The molecule has 3 rings (SSSR count). The third kappa shape index (κ3) is 7.80. The zero-order valence-corrected chi connectivity index (χ0v) is 24.3. The lowest BCUT2D eigenvalue weighted by Gasteiger charge is -2.29. The molecular weight excluding hydrogens is 600 g/mol. The molecule has 0 spiro atoms. The van der Waals surface area contributed by atoms with Gasteiger partial charge in [0, 0.05) is 18.3 Å². The summed E-state index contributed by atoms with van der Waals surface area (Å²) in [5, 5.41) is 5.27. The smallest absolute Gasteiger partial charge is 0.384 e. The SMILES string of the molecule is COCCSN(C(=O)N1CC(C)(CCCSC)C(c2ccc(C(F)(F)F)c(Cl)c2)=N1)c1ccc(C(F)(F)F)cc1. The molecule has 0 aliphatic carbocycles. The molecule has 0 saturated heterocycles. The van der Waals surface area contributed by atoms with E-state index in [1.807, 2.05) is 13.2 Å². The lowest BCUT2D eigenvalue weighted by molar-refractivity contribution is -0.138. The summed E-state index contributed by atoms with van der Waals surface area (Å²) < 4.78 is 85.5. The van der Waals surface area contributed by atoms with E-state index < -0.39 is 39.9 Å². The van der Waals surface area contributed by atoms with Crippen LogP contribution in [-0.2, 0) is 17.1 Å². The number of hydrazone groups is 1. The van der Waals surface area contributed by atoms with Crippen LogP contribution in [-0.4, -0.2) is 54.8 Å². The Morgan fingerprint density at radius 3 is 2.33 bits per heavy atom. The molecule has 0 fully saturated rings. The van der Waals surface area contributed by atoms with E-state index in [0.29, 0.717) is 23.4 Å². The standard InChI is InChI=1S/C26H28ClF6N3O2S2/c1-24(11-4-13-39-3)16-35(34-22(24)17-5-10-20(21(27)15-17)26(31,32)33)23(37)36(40-14-12-38-2)19-8-6-18(7-9-19)25(28,29)30/h5-10,15H,4,11-14,16H2,1-3H3. The Bertz CT molecular complexity index is 1210. The largest absolute Gasteiger partial charge is 0.417 e. The molecule has 40 heavy (non-hydrogen) atoms. The number of alkyl halides is 6. The fourth-order valence-corrected chi connectivity index (χ4v) is 5.86. The van der Waals surface area contributed by atoms with Crippen molar-refractivity contribution in [3.63, 3.8) is 0 Å². The number of amides is 2. The van der Waals surface area contributed by atoms with Crippen LogP contribution in [0.25, 0.3) is 0 Å². The maximum Gasteiger partial charge on any atom is 0.417 e. The van der Waals surface area contributed by atoms with Gasteiger partial charge in [-0.05, 0) is 78.8 Å². The Labute approximate surface area is 242 Å². The molecule has 5 nitrogen and oxygen atoms in total. The van der Waals surface area contributed by atoms with Crippen LogP contribution in [0.15, 0.2) is 47.6 Å². The number of thioether (sulfide) groups is 1. The minimum absolute atomic E-state index is 0.121. The third-order valence-electron chi connectivity index (χ3n) is 6.25. The summed E-state index contributed by atoms with van der Waals surface area (Å²) in [5.74, 6) is 1.16. The molecule has 2 aromatic rings. The zero-order valence-electron chi connectivity index (χ0n) is 21.9. The monoisotopic (exact) mass is 627 g/mol. The minimum atomic E-state index is -4.63. The van der Waals surface area contributed by atoms with Crippen LogP contribution in [0, 0.1) is 5.41 Å². The second kappa shape index (κ2) is 13.3. The third-order valence-corrected chi connectivity index (χ3v) is 8.23. The second-order valence-electron chi connectivity index (χ2n) is 9.30. The van der Waals surface area contributed by atoms with Crippen LogP contribution in [0.2, 0.25) is 5.02 Å². The van der Waals surface area contributed by atoms with Crippen molar-refractivity contribution in [2.75, 3.05) is 42.3 Å². The average Bonchev–Trinajstić information content (AvgIpc) is 3.22. The summed E-state index contributed by atoms with van der Waals surface area (Å²) in [6, 6.07) is 6.96. The number of benzene rings is 2. The molecular formula is C26H28ClF6N3O2S2. The van der Waals surface area contributed by atoms with Gasteiger partial charge in [0.25, 0.3) is 0 Å². The Morgan fingerprint density at radius 1 is 1.10 bits per heavy atom. The predicted octanol–water partition coefficient (Wildman–Crippen LogP) is 8.47. The van der Waals surface area contributed by atoms with E-state index in [0.717, 1.165) is 42.3 Å². The highest BCUT2D eigenvalue weighted by atomic mass is 35.5. The highest BCUT2D eigenvalue weighted by molar-refractivity contribution is 8.01. The number of hydrogen-bond donors (Lipinski definition) is 0. The van der Waals surface area contributed by atoms with Crippen molar-refractivity contribution in [2.45, 2.75) is 32.1 Å². The first-order chi connectivity index (χ1) is 18.7. The van der Waals surface area contributed by atoms with Gasteiger partial charge in [0.05, 0.1) is 40.7 Å². The number of hydrogen-bond acceptors (Lipinski definition) is 5. The van der Waals surface area contributed by atoms with Gasteiger partial charge in [0.15, 0.2) is 0 Å². The zero-order chi connectivity index (χ0) is 29.7. The van der Waals surface area contributed by atoms with Gasteiger partial charge in [-0.2, -0.15) is 43.2 Å². The van der Waals surface area contributed by atoms with E-state index in [1.165, 1.54) is 40.7 Å². The summed E-state index contributed by atoms with van der Waals surface area (Å²) in [6.07, 6.45) is -5.86. The first-order valence-corrected chi connectivity index (χ1v) is 14.8. The predicted molar refractivity (Wildman–Crippen MR) is 149 cm³/mol. The molecule has 220 valence electrons. The molecule has 0 radical (unpaired) electrons. The van der Waals surface area contributed by atoms with E-state index in [2.05, 4.69) is 5.10 Å². The van der Waals surface area contributed by atoms with Gasteiger partial charge in [0.1, 0.15) is 0 Å². The van der Waals surface area contributed by atoms with Crippen molar-refractivity contribution in [3.8, 4) is 0 Å². The number of ether oxygens (including phenoxy) is 1. The van der Waals surface area contributed by atoms with Gasteiger partial charge in [-0.3, -0.25) is 0 Å². The fourth-order valence-electron chi connectivity index (χ4n) is 4.24. The van der Waals surface area contributed by atoms with Crippen molar-refractivity contribution in [3.05, 3.63) is 64.2 Å². The van der Waals surface area contributed by atoms with Gasteiger partial charge < -0.3 is 4.74 Å². The number of rotatable bonds is 10. The molecule has 1 heterocycles. The van der Waals surface area contributed by atoms with Crippen LogP contribution < -0.4 is 4.31 Å². The first kappa shape index (κ1) is 32.4. The second-order valence-corrected chi connectivity index (χ2v) is 11.7. The minimum Gasteiger partial charge on any atom is -0.384 e. The lowest BCUT2D eigenvalue weighted by atomic mass is 9.78. The Kier molecular flexibility index (Phi) is 10.7. The van der Waals surface area contributed by atoms with E-state index in [-0.39, 0.29) is 18.8 Å². The van der Waals surface area contributed by atoms with Gasteiger partial charge in [0.2, 0.25) is 0 Å². The van der Waals surface area contributed by atoms with Gasteiger partial charge in [-0.25, -0.2) is 14.1 Å². The van der Waals surface area contributed by atoms with Gasteiger partial charge >= 0.3 is 18.4 Å². The van der Waals surface area contributed by atoms with Crippen molar-refractivity contribution in [1.29, 1.82) is 0 Å². The average molecular weight is 628 g/mol. The number of methoxy groups -OCH3 is 1. The highest BCUT2D eigenvalue weighted by Crippen LogP contribution is 2.41. The van der Waals surface area contributed by atoms with Crippen molar-refractivity contribution in [1.82, 2.24) is 5.01 Å². The number of halogens is 7. The van der Waals surface area contributed by atoms with E-state index in [1.54, 1.807) is 11.8 Å². The quantitative estimate of drug-likeness (QED) is 0.151. The van der Waals surface area contributed by atoms with E-state index in [9.17, 15) is 31.1 Å². The van der Waals surface area contributed by atoms with Crippen molar-refractivity contribution in [2.24, 2.45) is 10.5 Å². The van der Waals surface area contributed by atoms with Crippen LogP contribution in [0.3, 0.4) is 0 Å². The number of nitrogens with zero attached hydrogens (tertiary/aromatic N) is 3. The topological polar surface area (TPSA) is 45.1 Å². The highest BCUT2D eigenvalue weighted by Gasteiger charge is 2.43. The van der Waals surface area contributed by atoms with Crippen molar-refractivity contribution >= 4 is 52.7 Å². The van der Waals surface area contributed by atoms with Gasteiger partial charge in [-0.1, -0.05) is 24.6 Å². The Balaban J connectivity index is 1.99. The summed E-state index contributed by atoms with van der Waals surface area (Å²) in [4.78, 5) is 13.8. The first-order valence-electron chi connectivity index (χ1n) is 12.1. The Hall–Kier alpha value is -2.09. The molecule has 1 unspecified atom stereocenters. The summed E-state index contributed by atoms with van der Waals surface area (Å²) in [5.41, 5.74) is -1.56. The molecule has 0 saturated carbocycles. The van der Waals surface area contributed by atoms with Gasteiger partial charge in [-0.15, -0.1) is 0 Å². The maximum absolute atomic E-state index is 13.8. The van der Waals surface area contributed by atoms with Crippen LogP contribution >= 0.6 is 35.3 Å². The Morgan fingerprint density at radius 2 is 1.77 bits per heavy atom. The normalized spacial score (nSPS) is 17.8. The summed E-state index contributed by atoms with van der Waals surface area (Å²) >= 11 is 8.69. The lowest BCUT2D eigenvalue weighted by Crippen LogP contribution is -2.39. The summed E-state index contributed by atoms with van der Waals surface area (Å²) in [7, 11) is 1.48. The van der Waals surface area contributed by atoms with Crippen LogP contribution in [0.1, 0.15) is 36.5 Å². The maximum atomic E-state index is 13.8. The molecule has 0 aromatic heterocycles. The summed E-state index contributed by atoms with van der Waals surface area (Å²) in [6.45, 7) is 2.28. The van der Waals surface area contributed by atoms with Crippen molar-refractivity contribution < 1.29 is 35.9 Å². The molecule has 1 aliphatic rings. The number of anilines is 1. The number of carbonyl (C=O) groups is 1. The number of urea groups is 1. The molecule has 0 N–H and O–H groups in total. The van der Waals surface area contributed by atoms with E-state index >= 15 is 0 Å². The van der Waals surface area contributed by atoms with Crippen LogP contribution in [0.4, 0.5) is 36.8 Å². The molecule has 1 atom stereocenters. The fraction of sp³-hybridized carbons (Fsp3) is 0.462. The molecule has 0 bridgehead atoms. The molecule has 14 heteroatoms. The molecule has 2 amide bonds.